The molecule has 3 rings (SSSR count). The van der Waals surface area contributed by atoms with Crippen LogP contribution in [0.1, 0.15) is 21.6 Å². The van der Waals surface area contributed by atoms with E-state index in [9.17, 15) is 4.79 Å². The Hall–Kier alpha value is -2.59. The minimum Gasteiger partial charge on any atom is -0.358 e. The highest BCUT2D eigenvalue weighted by Gasteiger charge is 2.06. The van der Waals surface area contributed by atoms with E-state index >= 15 is 0 Å². The number of amides is 1. The maximum atomic E-state index is 12.0. The number of carbonyl (C=O) groups is 1. The van der Waals surface area contributed by atoms with Crippen LogP contribution in [0.4, 0.5) is 0 Å². The van der Waals surface area contributed by atoms with Crippen LogP contribution in [-0.4, -0.2) is 17.1 Å². The molecule has 0 saturated carbocycles. The van der Waals surface area contributed by atoms with Crippen molar-refractivity contribution in [3.63, 3.8) is 0 Å². The van der Waals surface area contributed by atoms with Crippen molar-refractivity contribution in [1.29, 1.82) is 0 Å². The van der Waals surface area contributed by atoms with E-state index in [4.69, 9.17) is 11.6 Å². The predicted molar refractivity (Wildman–Crippen MR) is 89.5 cm³/mol. The molecule has 0 atom stereocenters. The number of aromatic amines is 1. The van der Waals surface area contributed by atoms with Crippen molar-refractivity contribution in [3.05, 3.63) is 70.4 Å². The summed E-state index contributed by atoms with van der Waals surface area (Å²) >= 11 is 5.87. The molecule has 22 heavy (non-hydrogen) atoms. The molecule has 1 aromatic heterocycles. The van der Waals surface area contributed by atoms with Gasteiger partial charge in [-0.05, 0) is 31.2 Å². The van der Waals surface area contributed by atoms with Gasteiger partial charge in [0, 0.05) is 32.7 Å². The van der Waals surface area contributed by atoms with Crippen molar-refractivity contribution in [3.8, 4) is 0 Å². The van der Waals surface area contributed by atoms with Gasteiger partial charge in [-0.3, -0.25) is 4.79 Å². The van der Waals surface area contributed by atoms with Gasteiger partial charge in [-0.25, -0.2) is 5.43 Å². The number of hydrogen-bond acceptors (Lipinski definition) is 2. The fourth-order valence-corrected chi connectivity index (χ4v) is 2.50. The number of aryl methyl sites for hydroxylation is 1. The van der Waals surface area contributed by atoms with Crippen molar-refractivity contribution >= 4 is 34.6 Å². The molecule has 0 spiro atoms. The summed E-state index contributed by atoms with van der Waals surface area (Å²) in [5.74, 6) is -0.295. The minimum atomic E-state index is -0.295. The summed E-state index contributed by atoms with van der Waals surface area (Å²) in [5, 5.41) is 5.63. The molecule has 0 aliphatic heterocycles. The van der Waals surface area contributed by atoms with Crippen LogP contribution in [0.5, 0.6) is 0 Å². The van der Waals surface area contributed by atoms with Crippen molar-refractivity contribution in [2.45, 2.75) is 6.92 Å². The quantitative estimate of drug-likeness (QED) is 0.559. The number of fused-ring (bicyclic) bond motifs is 1. The summed E-state index contributed by atoms with van der Waals surface area (Å²) in [6.07, 6.45) is 1.65. The number of aromatic nitrogens is 1. The molecule has 1 amide bonds. The lowest BCUT2D eigenvalue weighted by Gasteiger charge is -2.00. The smallest absolute Gasteiger partial charge is 0.271 e. The Morgan fingerprint density at radius 2 is 2.05 bits per heavy atom. The predicted octanol–water partition coefficient (Wildman–Crippen LogP) is 3.89. The standard InChI is InChI=1S/C17H14ClN3O/c1-11-15(14-7-2-3-8-16(14)20-11)10-19-21-17(22)12-5-4-6-13(18)9-12/h2-10,20H,1H3,(H,21,22)/b19-10-. The van der Waals surface area contributed by atoms with E-state index in [2.05, 4.69) is 15.5 Å². The topological polar surface area (TPSA) is 57.2 Å². The van der Waals surface area contributed by atoms with Gasteiger partial charge in [-0.15, -0.1) is 0 Å². The Kier molecular flexibility index (Phi) is 3.94. The molecule has 2 N–H and O–H groups in total. The molecule has 0 aliphatic carbocycles. The minimum absolute atomic E-state index is 0.295. The van der Waals surface area contributed by atoms with Crippen LogP contribution in [-0.2, 0) is 0 Å². The van der Waals surface area contributed by atoms with Crippen molar-refractivity contribution in [2.75, 3.05) is 0 Å². The molecular weight excluding hydrogens is 298 g/mol. The zero-order valence-corrected chi connectivity index (χ0v) is 12.7. The van der Waals surface area contributed by atoms with Crippen LogP contribution in [0.3, 0.4) is 0 Å². The largest absolute Gasteiger partial charge is 0.358 e. The third kappa shape index (κ3) is 2.87. The number of nitrogens with one attached hydrogen (secondary N) is 2. The Morgan fingerprint density at radius 1 is 1.23 bits per heavy atom. The van der Waals surface area contributed by atoms with E-state index in [-0.39, 0.29) is 5.91 Å². The van der Waals surface area contributed by atoms with Gasteiger partial charge >= 0.3 is 0 Å². The van der Waals surface area contributed by atoms with Crippen LogP contribution < -0.4 is 5.43 Å². The van der Waals surface area contributed by atoms with Gasteiger partial charge in [-0.2, -0.15) is 5.10 Å². The normalized spacial score (nSPS) is 11.2. The van der Waals surface area contributed by atoms with E-state index in [1.54, 1.807) is 30.5 Å². The Morgan fingerprint density at radius 3 is 2.86 bits per heavy atom. The summed E-state index contributed by atoms with van der Waals surface area (Å²) in [6.45, 7) is 1.97. The summed E-state index contributed by atoms with van der Waals surface area (Å²) in [4.78, 5) is 15.3. The summed E-state index contributed by atoms with van der Waals surface area (Å²) in [5.41, 5.74) is 5.99. The second-order valence-corrected chi connectivity index (χ2v) is 5.36. The maximum absolute atomic E-state index is 12.0. The molecule has 0 radical (unpaired) electrons. The molecule has 0 unspecified atom stereocenters. The number of H-pyrrole nitrogens is 1. The maximum Gasteiger partial charge on any atom is 0.271 e. The monoisotopic (exact) mass is 311 g/mol. The van der Waals surface area contributed by atoms with E-state index in [0.717, 1.165) is 22.2 Å². The number of halogens is 1. The number of benzene rings is 2. The average molecular weight is 312 g/mol. The number of nitrogens with zero attached hydrogens (tertiary/aromatic N) is 1. The van der Waals surface area contributed by atoms with Gasteiger partial charge in [-0.1, -0.05) is 35.9 Å². The fraction of sp³-hybridized carbons (Fsp3) is 0.0588. The Balaban J connectivity index is 1.79. The highest BCUT2D eigenvalue weighted by Crippen LogP contribution is 2.19. The number of para-hydroxylation sites is 1. The molecule has 0 bridgehead atoms. The summed E-state index contributed by atoms with van der Waals surface area (Å²) < 4.78 is 0. The van der Waals surface area contributed by atoms with Gasteiger partial charge in [0.05, 0.1) is 6.21 Å². The molecular formula is C17H14ClN3O. The molecule has 0 aliphatic rings. The van der Waals surface area contributed by atoms with Crippen LogP contribution in [0.25, 0.3) is 10.9 Å². The molecule has 4 nitrogen and oxygen atoms in total. The lowest BCUT2D eigenvalue weighted by Crippen LogP contribution is -2.17. The molecule has 110 valence electrons. The third-order valence-electron chi connectivity index (χ3n) is 3.39. The number of hydrazone groups is 1. The molecule has 0 saturated heterocycles. The molecule has 3 aromatic rings. The number of hydrogen-bond donors (Lipinski definition) is 2. The lowest BCUT2D eigenvalue weighted by atomic mass is 10.1. The van der Waals surface area contributed by atoms with E-state index < -0.39 is 0 Å². The van der Waals surface area contributed by atoms with Gasteiger partial charge in [0.15, 0.2) is 0 Å². The first-order valence-electron chi connectivity index (χ1n) is 6.81. The van der Waals surface area contributed by atoms with Crippen molar-refractivity contribution in [1.82, 2.24) is 10.4 Å². The Bertz CT molecular complexity index is 867. The first-order valence-corrected chi connectivity index (χ1v) is 7.19. The molecule has 0 fully saturated rings. The van der Waals surface area contributed by atoms with E-state index in [1.807, 2.05) is 31.2 Å². The van der Waals surface area contributed by atoms with Crippen molar-refractivity contribution in [2.24, 2.45) is 5.10 Å². The van der Waals surface area contributed by atoms with E-state index in [1.165, 1.54) is 0 Å². The number of rotatable bonds is 3. The third-order valence-corrected chi connectivity index (χ3v) is 3.63. The van der Waals surface area contributed by atoms with Crippen LogP contribution in [0.2, 0.25) is 5.02 Å². The second kappa shape index (κ2) is 6.03. The first kappa shape index (κ1) is 14.4. The zero-order valence-electron chi connectivity index (χ0n) is 11.9. The van der Waals surface area contributed by atoms with Crippen LogP contribution in [0, 0.1) is 6.92 Å². The first-order chi connectivity index (χ1) is 10.6. The van der Waals surface area contributed by atoms with Gasteiger partial charge < -0.3 is 4.98 Å². The van der Waals surface area contributed by atoms with Gasteiger partial charge in [0.2, 0.25) is 0 Å². The highest BCUT2D eigenvalue weighted by atomic mass is 35.5. The fourth-order valence-electron chi connectivity index (χ4n) is 2.31. The van der Waals surface area contributed by atoms with Crippen LogP contribution in [0.15, 0.2) is 53.6 Å². The molecule has 1 heterocycles. The van der Waals surface area contributed by atoms with Crippen molar-refractivity contribution < 1.29 is 4.79 Å². The Labute approximate surface area is 132 Å². The summed E-state index contributed by atoms with van der Waals surface area (Å²) in [7, 11) is 0. The van der Waals surface area contributed by atoms with E-state index in [0.29, 0.717) is 10.6 Å². The highest BCUT2D eigenvalue weighted by molar-refractivity contribution is 6.30. The molecule has 5 heteroatoms. The number of carbonyl (C=O) groups excluding carboxylic acids is 1. The lowest BCUT2D eigenvalue weighted by molar-refractivity contribution is 0.0955. The second-order valence-electron chi connectivity index (χ2n) is 4.92. The zero-order chi connectivity index (χ0) is 15.5. The summed E-state index contributed by atoms with van der Waals surface area (Å²) in [6, 6.07) is 14.7. The van der Waals surface area contributed by atoms with Gasteiger partial charge in [0.25, 0.3) is 5.91 Å². The average Bonchev–Trinajstić information content (AvgIpc) is 2.83. The molecule has 2 aromatic carbocycles. The SMILES string of the molecule is Cc1[nH]c2ccccc2c1/C=N\NC(=O)c1cccc(Cl)c1. The van der Waals surface area contributed by atoms with Gasteiger partial charge in [0.1, 0.15) is 0 Å². The van der Waals surface area contributed by atoms with Crippen LogP contribution >= 0.6 is 11.6 Å².